The molecule has 0 saturated carbocycles. The molecule has 1 amide bonds. The van der Waals surface area contributed by atoms with E-state index in [0.29, 0.717) is 0 Å². The van der Waals surface area contributed by atoms with Crippen LogP contribution in [-0.2, 0) is 14.3 Å². The molecule has 4 nitrogen and oxygen atoms in total. The summed E-state index contributed by atoms with van der Waals surface area (Å²) in [6, 6.07) is 0. The summed E-state index contributed by atoms with van der Waals surface area (Å²) in [6.07, 6.45) is 1.42. The van der Waals surface area contributed by atoms with Gasteiger partial charge >= 0.3 is 5.97 Å². The highest BCUT2D eigenvalue weighted by molar-refractivity contribution is 8.00. The summed E-state index contributed by atoms with van der Waals surface area (Å²) in [4.78, 5) is 25.6. The largest absolute Gasteiger partial charge is 0.460 e. The van der Waals surface area contributed by atoms with Gasteiger partial charge in [0, 0.05) is 30.0 Å². The summed E-state index contributed by atoms with van der Waals surface area (Å²) in [5, 5.41) is 0. The Labute approximate surface area is 126 Å². The second-order valence-electron chi connectivity index (χ2n) is 6.83. The first-order valence-corrected chi connectivity index (χ1v) is 8.21. The maximum absolute atomic E-state index is 12.1. The van der Waals surface area contributed by atoms with Gasteiger partial charge in [0.2, 0.25) is 5.91 Å². The number of rotatable bonds is 3. The molecule has 0 bridgehead atoms. The lowest BCUT2D eigenvalue weighted by molar-refractivity contribution is -0.156. The first-order valence-electron chi connectivity index (χ1n) is 7.23. The molecule has 1 fully saturated rings. The Kier molecular flexibility index (Phi) is 5.92. The molecule has 1 heterocycles. The fourth-order valence-electron chi connectivity index (χ4n) is 2.03. The summed E-state index contributed by atoms with van der Waals surface area (Å²) in [6.45, 7) is 11.5. The highest BCUT2D eigenvalue weighted by Gasteiger charge is 2.26. The lowest BCUT2D eigenvalue weighted by Gasteiger charge is -2.23. The van der Waals surface area contributed by atoms with Crippen LogP contribution in [0.5, 0.6) is 0 Å². The predicted molar refractivity (Wildman–Crippen MR) is 82.8 cm³/mol. The number of ether oxygens (including phenoxy) is 1. The first-order chi connectivity index (χ1) is 9.09. The highest BCUT2D eigenvalue weighted by Crippen LogP contribution is 2.30. The number of hydrogen-bond donors (Lipinski definition) is 0. The maximum atomic E-state index is 12.1. The van der Waals surface area contributed by atoms with Crippen LogP contribution in [-0.4, -0.2) is 46.0 Å². The molecule has 0 unspecified atom stereocenters. The smallest absolute Gasteiger partial charge is 0.306 e. The number of carbonyl (C=O) groups is 2. The molecule has 0 radical (unpaired) electrons. The predicted octanol–water partition coefficient (Wildman–Crippen LogP) is 2.85. The van der Waals surface area contributed by atoms with Crippen molar-refractivity contribution in [3.8, 4) is 0 Å². The molecule has 0 spiro atoms. The zero-order chi connectivity index (χ0) is 15.4. The quantitative estimate of drug-likeness (QED) is 0.752. The molecule has 1 aliphatic rings. The van der Waals surface area contributed by atoms with Gasteiger partial charge < -0.3 is 9.64 Å². The van der Waals surface area contributed by atoms with Crippen molar-refractivity contribution in [2.45, 2.75) is 64.2 Å². The van der Waals surface area contributed by atoms with Gasteiger partial charge in [0.05, 0.1) is 6.42 Å². The minimum atomic E-state index is -0.483. The summed E-state index contributed by atoms with van der Waals surface area (Å²) in [5.74, 6) is 0.732. The minimum absolute atomic E-state index is 0.0640. The lowest BCUT2D eigenvalue weighted by atomic mass is 10.1. The van der Waals surface area contributed by atoms with E-state index >= 15 is 0 Å². The molecule has 0 aromatic rings. The summed E-state index contributed by atoms with van der Waals surface area (Å²) < 4.78 is 5.46. The van der Waals surface area contributed by atoms with Gasteiger partial charge in [0.1, 0.15) is 5.60 Å². The Bertz CT molecular complexity index is 361. The van der Waals surface area contributed by atoms with E-state index in [9.17, 15) is 9.59 Å². The van der Waals surface area contributed by atoms with Gasteiger partial charge in [-0.25, -0.2) is 0 Å². The van der Waals surface area contributed by atoms with Crippen molar-refractivity contribution in [3.63, 3.8) is 0 Å². The van der Waals surface area contributed by atoms with E-state index in [-0.39, 0.29) is 29.5 Å². The van der Waals surface area contributed by atoms with Gasteiger partial charge in [0.25, 0.3) is 0 Å². The van der Waals surface area contributed by atoms with Gasteiger partial charge in [-0.15, -0.1) is 0 Å². The van der Waals surface area contributed by atoms with E-state index in [1.807, 2.05) is 37.4 Å². The van der Waals surface area contributed by atoms with Crippen LogP contribution in [0.2, 0.25) is 0 Å². The third-order valence-electron chi connectivity index (χ3n) is 3.15. The zero-order valence-corrected chi connectivity index (χ0v) is 14.1. The van der Waals surface area contributed by atoms with Crippen molar-refractivity contribution in [3.05, 3.63) is 0 Å². The molecule has 0 N–H and O–H groups in total. The van der Waals surface area contributed by atoms with Crippen LogP contribution in [0.3, 0.4) is 0 Å². The molecule has 1 aliphatic heterocycles. The number of thioether (sulfide) groups is 1. The second-order valence-corrected chi connectivity index (χ2v) is 8.63. The molecule has 116 valence electrons. The number of amides is 1. The molecular formula is C15H27NO3S. The van der Waals surface area contributed by atoms with Crippen LogP contribution in [0.25, 0.3) is 0 Å². The van der Waals surface area contributed by atoms with Crippen LogP contribution in [0.15, 0.2) is 0 Å². The van der Waals surface area contributed by atoms with Crippen LogP contribution < -0.4 is 0 Å². The molecule has 0 aromatic carbocycles. The van der Waals surface area contributed by atoms with Crippen molar-refractivity contribution >= 4 is 23.6 Å². The average molecular weight is 301 g/mol. The Morgan fingerprint density at radius 1 is 1.20 bits per heavy atom. The fraction of sp³-hybridized carbons (Fsp3) is 0.867. The van der Waals surface area contributed by atoms with E-state index in [2.05, 4.69) is 13.8 Å². The van der Waals surface area contributed by atoms with Gasteiger partial charge in [-0.3, -0.25) is 9.59 Å². The minimum Gasteiger partial charge on any atom is -0.460 e. The Morgan fingerprint density at radius 2 is 1.85 bits per heavy atom. The van der Waals surface area contributed by atoms with E-state index in [0.717, 1.165) is 25.3 Å². The molecule has 1 rings (SSSR count). The van der Waals surface area contributed by atoms with Crippen LogP contribution in [0.1, 0.15) is 53.9 Å². The van der Waals surface area contributed by atoms with E-state index in [4.69, 9.17) is 4.74 Å². The fourth-order valence-corrected chi connectivity index (χ4v) is 3.13. The normalized spacial score (nSPS) is 19.4. The lowest BCUT2D eigenvalue weighted by Crippen LogP contribution is -2.34. The summed E-state index contributed by atoms with van der Waals surface area (Å²) in [7, 11) is 0. The standard InChI is InChI=1S/C15H27NO3S/c1-14(2,3)19-13(18)7-6-12(17)16-9-8-15(4,5)20-11-10-16/h6-11H2,1-5H3. The summed E-state index contributed by atoms with van der Waals surface area (Å²) in [5.41, 5.74) is -0.483. The van der Waals surface area contributed by atoms with E-state index in [1.54, 1.807) is 0 Å². The topological polar surface area (TPSA) is 46.6 Å². The van der Waals surface area contributed by atoms with Crippen LogP contribution >= 0.6 is 11.8 Å². The van der Waals surface area contributed by atoms with Gasteiger partial charge in [-0.1, -0.05) is 13.8 Å². The average Bonchev–Trinajstić information content (AvgIpc) is 2.45. The van der Waals surface area contributed by atoms with E-state index < -0.39 is 5.60 Å². The molecule has 1 saturated heterocycles. The SMILES string of the molecule is CC(C)(C)OC(=O)CCC(=O)N1CCSC(C)(C)CC1. The number of carbonyl (C=O) groups excluding carboxylic acids is 2. The molecule has 5 heteroatoms. The van der Waals surface area contributed by atoms with Gasteiger partial charge in [-0.2, -0.15) is 11.8 Å². The Morgan fingerprint density at radius 3 is 2.45 bits per heavy atom. The van der Waals surface area contributed by atoms with Gasteiger partial charge in [0.15, 0.2) is 0 Å². The molecule has 0 atom stereocenters. The Balaban J connectivity index is 2.38. The molecule has 20 heavy (non-hydrogen) atoms. The summed E-state index contributed by atoms with van der Waals surface area (Å²) >= 11 is 1.91. The number of esters is 1. The van der Waals surface area contributed by atoms with Crippen molar-refractivity contribution < 1.29 is 14.3 Å². The molecular weight excluding hydrogens is 274 g/mol. The second kappa shape index (κ2) is 6.83. The van der Waals surface area contributed by atoms with Crippen LogP contribution in [0.4, 0.5) is 0 Å². The van der Waals surface area contributed by atoms with E-state index in [1.165, 1.54) is 0 Å². The third-order valence-corrected chi connectivity index (χ3v) is 4.53. The van der Waals surface area contributed by atoms with Crippen molar-refractivity contribution in [1.82, 2.24) is 4.90 Å². The van der Waals surface area contributed by atoms with Crippen LogP contribution in [0, 0.1) is 0 Å². The molecule has 0 aromatic heterocycles. The Hall–Kier alpha value is -0.710. The highest BCUT2D eigenvalue weighted by atomic mass is 32.2. The zero-order valence-electron chi connectivity index (χ0n) is 13.3. The third kappa shape index (κ3) is 6.64. The van der Waals surface area contributed by atoms with Crippen molar-refractivity contribution in [2.24, 2.45) is 0 Å². The van der Waals surface area contributed by atoms with Gasteiger partial charge in [-0.05, 0) is 27.2 Å². The molecule has 0 aliphatic carbocycles. The number of nitrogens with zero attached hydrogens (tertiary/aromatic N) is 1. The van der Waals surface area contributed by atoms with Crippen molar-refractivity contribution in [2.75, 3.05) is 18.8 Å². The van der Waals surface area contributed by atoms with Crippen molar-refractivity contribution in [1.29, 1.82) is 0 Å². The maximum Gasteiger partial charge on any atom is 0.306 e. The number of hydrogen-bond acceptors (Lipinski definition) is 4. The monoisotopic (exact) mass is 301 g/mol. The first kappa shape index (κ1) is 17.3.